The number of anilines is 1. The molecule has 24 heavy (non-hydrogen) atoms. The van der Waals surface area contributed by atoms with Crippen molar-refractivity contribution >= 4 is 34.5 Å². The Morgan fingerprint density at radius 3 is 2.67 bits per heavy atom. The Hall–Kier alpha value is -2.85. The van der Waals surface area contributed by atoms with Crippen LogP contribution in [0.1, 0.15) is 5.56 Å². The highest BCUT2D eigenvalue weighted by Crippen LogP contribution is 2.30. The van der Waals surface area contributed by atoms with Crippen molar-refractivity contribution in [3.63, 3.8) is 0 Å². The smallest absolute Gasteiger partial charge is 0.180 e. The van der Waals surface area contributed by atoms with E-state index in [1.807, 2.05) is 31.2 Å². The molecule has 0 bridgehead atoms. The van der Waals surface area contributed by atoms with E-state index in [4.69, 9.17) is 11.6 Å². The van der Waals surface area contributed by atoms with Gasteiger partial charge in [-0.1, -0.05) is 29.8 Å². The molecule has 5 heteroatoms. The van der Waals surface area contributed by atoms with Crippen LogP contribution in [0.4, 0.5) is 11.4 Å². The van der Waals surface area contributed by atoms with Crippen LogP contribution >= 0.6 is 11.6 Å². The van der Waals surface area contributed by atoms with Gasteiger partial charge in [0, 0.05) is 17.8 Å². The van der Waals surface area contributed by atoms with E-state index in [2.05, 4.69) is 10.3 Å². The Bertz CT molecular complexity index is 898. The first kappa shape index (κ1) is 16.0. The number of aryl methyl sites for hydroxylation is 1. The van der Waals surface area contributed by atoms with Crippen LogP contribution in [0.3, 0.4) is 0 Å². The number of carbonyl (C=O) groups excluding carboxylic acids is 1. The SMILES string of the molecule is Cc1ccccc1NC1=CC(=O)C=CC1=Nc1ccc(O)cc1Cl. The number of aromatic hydroxyl groups is 1. The van der Waals surface area contributed by atoms with Crippen LogP contribution in [0.25, 0.3) is 0 Å². The number of allylic oxidation sites excluding steroid dienone is 3. The number of ketones is 1. The molecule has 0 atom stereocenters. The number of aliphatic imine (C=N–C) groups is 1. The molecule has 0 saturated carbocycles. The van der Waals surface area contributed by atoms with Gasteiger partial charge in [0.25, 0.3) is 0 Å². The molecule has 2 N–H and O–H groups in total. The van der Waals surface area contributed by atoms with Gasteiger partial charge in [0.15, 0.2) is 5.78 Å². The summed E-state index contributed by atoms with van der Waals surface area (Å²) in [6, 6.07) is 12.4. The minimum absolute atomic E-state index is 0.0760. The van der Waals surface area contributed by atoms with Gasteiger partial charge in [0.1, 0.15) is 5.75 Å². The van der Waals surface area contributed by atoms with Crippen LogP contribution in [-0.4, -0.2) is 16.6 Å². The fraction of sp³-hybridized carbons (Fsp3) is 0.0526. The molecule has 0 heterocycles. The molecule has 2 aromatic rings. The molecule has 0 amide bonds. The number of para-hydroxylation sites is 1. The molecule has 2 aromatic carbocycles. The number of halogens is 1. The van der Waals surface area contributed by atoms with Gasteiger partial charge in [-0.2, -0.15) is 0 Å². The highest BCUT2D eigenvalue weighted by atomic mass is 35.5. The number of hydrogen-bond donors (Lipinski definition) is 2. The van der Waals surface area contributed by atoms with E-state index in [1.54, 1.807) is 12.1 Å². The fourth-order valence-corrected chi connectivity index (χ4v) is 2.50. The minimum Gasteiger partial charge on any atom is -0.508 e. The molecule has 0 aromatic heterocycles. The quantitative estimate of drug-likeness (QED) is 0.806. The molecule has 1 aliphatic carbocycles. The molecule has 120 valence electrons. The van der Waals surface area contributed by atoms with Gasteiger partial charge in [-0.3, -0.25) is 4.79 Å². The summed E-state index contributed by atoms with van der Waals surface area (Å²) in [7, 11) is 0. The van der Waals surface area contributed by atoms with Crippen LogP contribution in [0, 0.1) is 6.92 Å². The Kier molecular flexibility index (Phi) is 4.49. The van der Waals surface area contributed by atoms with Crippen LogP contribution < -0.4 is 5.32 Å². The summed E-state index contributed by atoms with van der Waals surface area (Å²) in [5, 5.41) is 13.0. The summed E-state index contributed by atoms with van der Waals surface area (Å²) < 4.78 is 0. The first-order chi connectivity index (χ1) is 11.5. The third-order valence-corrected chi connectivity index (χ3v) is 3.86. The van der Waals surface area contributed by atoms with Crippen LogP contribution in [0.5, 0.6) is 5.75 Å². The molecule has 0 saturated heterocycles. The highest BCUT2D eigenvalue weighted by molar-refractivity contribution is 6.33. The van der Waals surface area contributed by atoms with E-state index in [0.29, 0.717) is 22.1 Å². The van der Waals surface area contributed by atoms with Gasteiger partial charge < -0.3 is 10.4 Å². The molecule has 0 unspecified atom stereocenters. The number of benzene rings is 2. The number of phenolic OH excluding ortho intramolecular Hbond substituents is 1. The summed E-state index contributed by atoms with van der Waals surface area (Å²) in [5.41, 5.74) is 3.66. The molecule has 1 aliphatic rings. The van der Waals surface area contributed by atoms with E-state index in [0.717, 1.165) is 11.3 Å². The lowest BCUT2D eigenvalue weighted by Gasteiger charge is -2.15. The molecular formula is C19H15ClN2O2. The van der Waals surface area contributed by atoms with Gasteiger partial charge in [0.2, 0.25) is 0 Å². The van der Waals surface area contributed by atoms with E-state index in [1.165, 1.54) is 24.3 Å². The maximum absolute atomic E-state index is 11.7. The van der Waals surface area contributed by atoms with Gasteiger partial charge in [-0.15, -0.1) is 0 Å². The van der Waals surface area contributed by atoms with E-state index >= 15 is 0 Å². The summed E-state index contributed by atoms with van der Waals surface area (Å²) in [6.07, 6.45) is 4.60. The number of nitrogens with one attached hydrogen (secondary N) is 1. The first-order valence-corrected chi connectivity index (χ1v) is 7.75. The molecule has 4 nitrogen and oxygen atoms in total. The van der Waals surface area contributed by atoms with Gasteiger partial charge in [0.05, 0.1) is 22.1 Å². The zero-order valence-corrected chi connectivity index (χ0v) is 13.7. The van der Waals surface area contributed by atoms with Crippen LogP contribution in [-0.2, 0) is 4.79 Å². The van der Waals surface area contributed by atoms with Crippen molar-refractivity contribution < 1.29 is 9.90 Å². The molecule has 0 radical (unpaired) electrons. The second-order valence-corrected chi connectivity index (χ2v) is 5.77. The van der Waals surface area contributed by atoms with E-state index in [-0.39, 0.29) is 11.5 Å². The maximum atomic E-state index is 11.7. The normalized spacial score (nSPS) is 15.5. The lowest BCUT2D eigenvalue weighted by Crippen LogP contribution is -2.15. The summed E-state index contributed by atoms with van der Waals surface area (Å²) in [4.78, 5) is 16.2. The van der Waals surface area contributed by atoms with Crippen LogP contribution in [0.15, 0.2) is 71.4 Å². The Morgan fingerprint density at radius 2 is 1.92 bits per heavy atom. The summed E-state index contributed by atoms with van der Waals surface area (Å²) in [5.74, 6) is -0.0334. The predicted molar refractivity (Wildman–Crippen MR) is 97.2 cm³/mol. The topological polar surface area (TPSA) is 61.7 Å². The van der Waals surface area contributed by atoms with Crippen molar-refractivity contribution in [3.05, 3.63) is 77.0 Å². The Balaban J connectivity index is 1.98. The van der Waals surface area contributed by atoms with Crippen LogP contribution in [0.2, 0.25) is 5.02 Å². The summed E-state index contributed by atoms with van der Waals surface area (Å²) in [6.45, 7) is 1.98. The zero-order valence-electron chi connectivity index (χ0n) is 13.0. The van der Waals surface area contributed by atoms with Crippen molar-refractivity contribution in [2.45, 2.75) is 6.92 Å². The minimum atomic E-state index is -0.109. The largest absolute Gasteiger partial charge is 0.508 e. The molecule has 0 fully saturated rings. The maximum Gasteiger partial charge on any atom is 0.180 e. The van der Waals surface area contributed by atoms with E-state index in [9.17, 15) is 9.90 Å². The second-order valence-electron chi connectivity index (χ2n) is 5.37. The monoisotopic (exact) mass is 338 g/mol. The lowest BCUT2D eigenvalue weighted by atomic mass is 10.1. The Morgan fingerprint density at radius 1 is 1.12 bits per heavy atom. The summed E-state index contributed by atoms with van der Waals surface area (Å²) >= 11 is 6.11. The Labute approximate surface area is 144 Å². The molecular weight excluding hydrogens is 324 g/mol. The van der Waals surface area contributed by atoms with Gasteiger partial charge in [-0.25, -0.2) is 4.99 Å². The lowest BCUT2D eigenvalue weighted by molar-refractivity contribution is -0.110. The van der Waals surface area contributed by atoms with Gasteiger partial charge in [-0.05, 0) is 42.8 Å². The highest BCUT2D eigenvalue weighted by Gasteiger charge is 2.14. The van der Waals surface area contributed by atoms with Gasteiger partial charge >= 0.3 is 0 Å². The number of rotatable bonds is 3. The third-order valence-electron chi connectivity index (χ3n) is 3.55. The fourth-order valence-electron chi connectivity index (χ4n) is 2.29. The van der Waals surface area contributed by atoms with E-state index < -0.39 is 0 Å². The van der Waals surface area contributed by atoms with Crippen molar-refractivity contribution in [3.8, 4) is 5.75 Å². The van der Waals surface area contributed by atoms with Crippen molar-refractivity contribution in [1.29, 1.82) is 0 Å². The number of carbonyl (C=O) groups is 1. The predicted octanol–water partition coefficient (Wildman–Crippen LogP) is 4.56. The third kappa shape index (κ3) is 3.55. The number of nitrogens with zero attached hydrogens (tertiary/aromatic N) is 1. The molecule has 0 aliphatic heterocycles. The standard InChI is InChI=1S/C19H15ClN2O2/c1-12-4-2-3-5-16(12)21-19-11-14(24)7-9-18(19)22-17-8-6-13(23)10-15(17)20/h2-11,21,23H,1H3. The van der Waals surface area contributed by atoms with Crippen molar-refractivity contribution in [2.24, 2.45) is 4.99 Å². The molecule has 3 rings (SSSR count). The zero-order chi connectivity index (χ0) is 17.1. The van der Waals surface area contributed by atoms with Crippen molar-refractivity contribution in [1.82, 2.24) is 0 Å². The van der Waals surface area contributed by atoms with Crippen molar-refractivity contribution in [2.75, 3.05) is 5.32 Å². The number of phenols is 1. The second kappa shape index (κ2) is 6.72. The number of hydrogen-bond acceptors (Lipinski definition) is 4. The first-order valence-electron chi connectivity index (χ1n) is 7.37. The average molecular weight is 339 g/mol. The molecule has 0 spiro atoms. The average Bonchev–Trinajstić information content (AvgIpc) is 2.54.